The number of fused-ring (bicyclic) bond motifs is 3. The second-order valence-electron chi connectivity index (χ2n) is 14.2. The average Bonchev–Trinajstić information content (AvgIpc) is 3.45. The molecule has 0 radical (unpaired) electrons. The van der Waals surface area contributed by atoms with Gasteiger partial charge in [-0.15, -0.1) is 0 Å². The molecule has 0 spiro atoms. The number of nitrogens with zero attached hydrogens (tertiary/aromatic N) is 1. The minimum Gasteiger partial charge on any atom is -0.313 e. The first-order valence-corrected chi connectivity index (χ1v) is 17.6. The van der Waals surface area contributed by atoms with Gasteiger partial charge in [-0.25, -0.2) is 0 Å². The molecular weight excluding hydrogens is 579 g/mol. The molecule has 0 amide bonds. The molecule has 1 heteroatoms. The van der Waals surface area contributed by atoms with Crippen molar-refractivity contribution in [2.45, 2.75) is 59.8 Å². The smallest absolute Gasteiger partial charge is 0.0537 e. The highest BCUT2D eigenvalue weighted by Crippen LogP contribution is 2.46. The van der Waals surface area contributed by atoms with Crippen molar-refractivity contribution in [3.8, 4) is 11.1 Å². The van der Waals surface area contributed by atoms with E-state index in [4.69, 9.17) is 0 Å². The third-order valence-corrected chi connectivity index (χ3v) is 10.4. The molecule has 236 valence electrons. The molecule has 1 nitrogen and oxygen atoms in total. The van der Waals surface area contributed by atoms with Crippen molar-refractivity contribution in [2.75, 3.05) is 0 Å². The highest BCUT2D eigenvalue weighted by Gasteiger charge is 2.22. The maximum absolute atomic E-state index is 2.48. The first kappa shape index (κ1) is 30.2. The van der Waals surface area contributed by atoms with Crippen LogP contribution in [-0.2, 0) is 5.41 Å². The van der Waals surface area contributed by atoms with Crippen LogP contribution in [0, 0.1) is 6.92 Å². The fourth-order valence-corrected chi connectivity index (χ4v) is 7.98. The van der Waals surface area contributed by atoms with Gasteiger partial charge in [-0.1, -0.05) is 138 Å². The number of benzene rings is 7. The van der Waals surface area contributed by atoms with Crippen molar-refractivity contribution in [3.05, 3.63) is 144 Å². The molecule has 0 saturated carbocycles. The summed E-state index contributed by atoms with van der Waals surface area (Å²) in [6, 6.07) is 43.3. The van der Waals surface area contributed by atoms with Crippen LogP contribution in [0.4, 0.5) is 0 Å². The highest BCUT2D eigenvalue weighted by molar-refractivity contribution is 6.27. The number of aromatic nitrogens is 1. The number of rotatable bonds is 3. The quantitative estimate of drug-likeness (QED) is 0.173. The summed E-state index contributed by atoms with van der Waals surface area (Å²) in [5.41, 5.74) is 12.1. The lowest BCUT2D eigenvalue weighted by Gasteiger charge is -2.24. The van der Waals surface area contributed by atoms with Gasteiger partial charge in [-0.05, 0) is 115 Å². The third-order valence-electron chi connectivity index (χ3n) is 10.4. The van der Waals surface area contributed by atoms with Crippen molar-refractivity contribution in [3.63, 3.8) is 0 Å². The molecule has 9 rings (SSSR count). The van der Waals surface area contributed by atoms with Crippen LogP contribution in [0.2, 0.25) is 0 Å². The van der Waals surface area contributed by atoms with Gasteiger partial charge >= 0.3 is 0 Å². The van der Waals surface area contributed by atoms with Crippen LogP contribution in [0.1, 0.15) is 64.2 Å². The number of hydrogen-bond donors (Lipinski definition) is 0. The summed E-state index contributed by atoms with van der Waals surface area (Å²) in [6.07, 6.45) is 6.76. The van der Waals surface area contributed by atoms with Gasteiger partial charge in [-0.3, -0.25) is 0 Å². The lowest BCUT2D eigenvalue weighted by Crippen LogP contribution is -2.10. The summed E-state index contributed by atoms with van der Waals surface area (Å²) in [5, 5.41) is 10.8. The largest absolute Gasteiger partial charge is 0.313 e. The van der Waals surface area contributed by atoms with Gasteiger partial charge in [0, 0.05) is 16.5 Å². The highest BCUT2D eigenvalue weighted by atomic mass is 15.0. The monoisotopic (exact) mass is 621 g/mol. The van der Waals surface area contributed by atoms with Crippen LogP contribution in [0.25, 0.3) is 76.5 Å². The van der Waals surface area contributed by atoms with Crippen LogP contribution in [0.15, 0.2) is 127 Å². The van der Waals surface area contributed by atoms with Crippen LogP contribution in [0.3, 0.4) is 0 Å². The lowest BCUT2D eigenvalue weighted by molar-refractivity contribution is 0.591. The standard InChI is InChI=1S/C45H37N.C2H6/c1-28-11-5-6-12-34(28)40-27-39(37-23-19-30-25-32(45(2,3)4)26-31-20-24-38(40)44(37)43(30)31)29-17-21-33(22-18-29)46-41-15-9-7-13-35(41)36-14-8-10-16-42(36)46;1-2/h5-17,19-21,23-27H,18,22H2,1-4H3;1-2H3. The minimum atomic E-state index is 0.0925. The van der Waals surface area contributed by atoms with E-state index < -0.39 is 0 Å². The Bertz CT molecular complexity index is 2490. The molecule has 0 bridgehead atoms. The van der Waals surface area contributed by atoms with E-state index in [1.807, 2.05) is 13.8 Å². The Morgan fingerprint density at radius 3 is 1.69 bits per heavy atom. The molecule has 0 N–H and O–H groups in total. The van der Waals surface area contributed by atoms with Gasteiger partial charge in [0.1, 0.15) is 0 Å². The molecule has 0 saturated heterocycles. The molecule has 0 atom stereocenters. The first-order chi connectivity index (χ1) is 23.4. The van der Waals surface area contributed by atoms with E-state index >= 15 is 0 Å². The Balaban J connectivity index is 0.00000165. The summed E-state index contributed by atoms with van der Waals surface area (Å²) in [4.78, 5) is 0. The maximum atomic E-state index is 2.48. The second-order valence-corrected chi connectivity index (χ2v) is 14.2. The summed E-state index contributed by atoms with van der Waals surface area (Å²) in [7, 11) is 0. The first-order valence-electron chi connectivity index (χ1n) is 17.6. The van der Waals surface area contributed by atoms with E-state index in [9.17, 15) is 0 Å². The van der Waals surface area contributed by atoms with E-state index in [0.717, 1.165) is 12.8 Å². The second kappa shape index (κ2) is 11.5. The van der Waals surface area contributed by atoms with Gasteiger partial charge in [0.25, 0.3) is 0 Å². The van der Waals surface area contributed by atoms with E-state index in [0.29, 0.717) is 0 Å². The fourth-order valence-electron chi connectivity index (χ4n) is 7.98. The molecule has 0 aliphatic heterocycles. The van der Waals surface area contributed by atoms with Crippen molar-refractivity contribution in [1.82, 2.24) is 4.57 Å². The molecule has 1 heterocycles. The van der Waals surface area contributed by atoms with E-state index in [2.05, 4.69) is 160 Å². The Hall–Kier alpha value is -5.14. The molecule has 1 aromatic heterocycles. The average molecular weight is 622 g/mol. The Morgan fingerprint density at radius 1 is 0.521 bits per heavy atom. The predicted octanol–water partition coefficient (Wildman–Crippen LogP) is 13.7. The normalized spacial score (nSPS) is 13.7. The van der Waals surface area contributed by atoms with Crippen molar-refractivity contribution in [1.29, 1.82) is 0 Å². The molecular formula is C47H43N. The number of hydrogen-bond acceptors (Lipinski definition) is 0. The Labute approximate surface area is 284 Å². The van der Waals surface area contributed by atoms with Crippen molar-refractivity contribution >= 4 is 65.4 Å². The zero-order valence-electron chi connectivity index (χ0n) is 29.0. The SMILES string of the molecule is CC.Cc1ccccc1-c1cc(C2=CC=C(n3c4ccccc4c4ccccc43)CC2)c2ccc3cc(C(C)(C)C)cc4ccc1c2c34. The van der Waals surface area contributed by atoms with Gasteiger partial charge in [0.15, 0.2) is 0 Å². The van der Waals surface area contributed by atoms with Gasteiger partial charge in [-0.2, -0.15) is 0 Å². The van der Waals surface area contributed by atoms with Crippen LogP contribution in [-0.4, -0.2) is 4.57 Å². The molecule has 0 unspecified atom stereocenters. The molecule has 7 aromatic carbocycles. The maximum Gasteiger partial charge on any atom is 0.0537 e. The molecule has 1 aliphatic rings. The summed E-state index contributed by atoms with van der Waals surface area (Å²) in [5.74, 6) is 0. The van der Waals surface area contributed by atoms with Gasteiger partial charge in [0.05, 0.1) is 11.0 Å². The van der Waals surface area contributed by atoms with Crippen LogP contribution >= 0.6 is 0 Å². The zero-order valence-corrected chi connectivity index (χ0v) is 29.0. The van der Waals surface area contributed by atoms with Crippen LogP contribution < -0.4 is 0 Å². The van der Waals surface area contributed by atoms with Gasteiger partial charge in [0.2, 0.25) is 0 Å². The zero-order chi connectivity index (χ0) is 33.2. The lowest BCUT2D eigenvalue weighted by atomic mass is 9.80. The van der Waals surface area contributed by atoms with E-state index in [1.165, 1.54) is 93.2 Å². The van der Waals surface area contributed by atoms with E-state index in [1.54, 1.807) is 0 Å². The molecule has 0 fully saturated rings. The van der Waals surface area contributed by atoms with E-state index in [-0.39, 0.29) is 5.41 Å². The summed E-state index contributed by atoms with van der Waals surface area (Å²) >= 11 is 0. The number of allylic oxidation sites excluding steroid dienone is 4. The summed E-state index contributed by atoms with van der Waals surface area (Å²) in [6.45, 7) is 13.2. The fraction of sp³-hybridized carbons (Fsp3) is 0.191. The van der Waals surface area contributed by atoms with Crippen molar-refractivity contribution in [2.24, 2.45) is 0 Å². The third kappa shape index (κ3) is 4.67. The van der Waals surface area contributed by atoms with Crippen molar-refractivity contribution < 1.29 is 0 Å². The topological polar surface area (TPSA) is 4.93 Å². The number of aryl methyl sites for hydroxylation is 1. The number of para-hydroxylation sites is 2. The molecule has 8 aromatic rings. The Morgan fingerprint density at radius 2 is 1.10 bits per heavy atom. The summed E-state index contributed by atoms with van der Waals surface area (Å²) < 4.78 is 2.48. The molecule has 48 heavy (non-hydrogen) atoms. The minimum absolute atomic E-state index is 0.0925. The van der Waals surface area contributed by atoms with Gasteiger partial charge < -0.3 is 4.57 Å². The van der Waals surface area contributed by atoms with Crippen LogP contribution in [0.5, 0.6) is 0 Å². The Kier molecular flexibility index (Phi) is 7.26. The predicted molar refractivity (Wildman–Crippen MR) is 211 cm³/mol. The molecule has 1 aliphatic carbocycles.